The van der Waals surface area contributed by atoms with Gasteiger partial charge in [-0.15, -0.1) is 0 Å². The van der Waals surface area contributed by atoms with Crippen molar-refractivity contribution in [2.24, 2.45) is 0 Å². The van der Waals surface area contributed by atoms with E-state index in [0.717, 1.165) is 11.4 Å². The zero-order valence-corrected chi connectivity index (χ0v) is 23.2. The fraction of sp³-hybridized carbons (Fsp3) is 0.345. The van der Waals surface area contributed by atoms with Crippen LogP contribution in [0, 0.1) is 12.7 Å². The molecule has 2 saturated heterocycles. The van der Waals surface area contributed by atoms with Crippen molar-refractivity contribution in [3.8, 4) is 17.0 Å². The number of sulfone groups is 1. The third-order valence-electron chi connectivity index (χ3n) is 7.78. The summed E-state index contributed by atoms with van der Waals surface area (Å²) in [5, 5.41) is 5.23. The lowest BCUT2D eigenvalue weighted by atomic mass is 10.0. The molecule has 9 nitrogen and oxygen atoms in total. The molecule has 2 aliphatic heterocycles. The van der Waals surface area contributed by atoms with Gasteiger partial charge in [0.05, 0.1) is 47.0 Å². The van der Waals surface area contributed by atoms with E-state index in [1.54, 1.807) is 47.9 Å². The summed E-state index contributed by atoms with van der Waals surface area (Å²) in [7, 11) is -1.55. The van der Waals surface area contributed by atoms with Crippen molar-refractivity contribution >= 4 is 32.5 Å². The molecule has 1 amide bonds. The molecule has 0 spiro atoms. The number of anilines is 1. The Morgan fingerprint density at radius 3 is 2.42 bits per heavy atom. The first-order valence-electron chi connectivity index (χ1n) is 13.3. The van der Waals surface area contributed by atoms with E-state index in [1.807, 2.05) is 24.3 Å². The van der Waals surface area contributed by atoms with E-state index in [1.165, 1.54) is 6.07 Å². The fourth-order valence-electron chi connectivity index (χ4n) is 5.64. The largest absolute Gasteiger partial charge is 0.497 e. The van der Waals surface area contributed by atoms with Crippen molar-refractivity contribution in [1.82, 2.24) is 19.7 Å². The lowest BCUT2D eigenvalue weighted by molar-refractivity contribution is 0.0748. The number of aromatic nitrogens is 3. The monoisotopic (exact) mass is 563 g/mol. The highest BCUT2D eigenvalue weighted by molar-refractivity contribution is 7.91. The second-order valence-corrected chi connectivity index (χ2v) is 12.5. The molecule has 0 bridgehead atoms. The standard InChI is InChI=1S/C29H30FN5O4S/c1-19-27-24(29(36)34-14-12-33(13-15-34)20-7-9-22(39-2)10-8-20)17-26(23-5-3-4-6-25(23)30)31-28(27)35(32-19)21-11-16-40(37,38)18-21/h3-10,17,21H,11-16,18H2,1-2H3. The summed E-state index contributed by atoms with van der Waals surface area (Å²) in [4.78, 5) is 22.8. The van der Waals surface area contributed by atoms with Crippen molar-refractivity contribution in [3.05, 3.63) is 71.7 Å². The van der Waals surface area contributed by atoms with E-state index < -0.39 is 15.7 Å². The van der Waals surface area contributed by atoms with Crippen LogP contribution in [0.15, 0.2) is 54.6 Å². The quantitative estimate of drug-likeness (QED) is 0.364. The Kier molecular flexibility index (Phi) is 6.69. The Morgan fingerprint density at radius 1 is 1.05 bits per heavy atom. The molecule has 1 atom stereocenters. The predicted octanol–water partition coefficient (Wildman–Crippen LogP) is 3.88. The molecule has 2 aromatic carbocycles. The van der Waals surface area contributed by atoms with Crippen LogP contribution < -0.4 is 9.64 Å². The van der Waals surface area contributed by atoms with Crippen molar-refractivity contribution < 1.29 is 22.3 Å². The summed E-state index contributed by atoms with van der Waals surface area (Å²) in [6.45, 7) is 4.13. The molecule has 4 heterocycles. The molecule has 40 heavy (non-hydrogen) atoms. The number of hydrogen-bond donors (Lipinski definition) is 0. The number of pyridine rings is 1. The van der Waals surface area contributed by atoms with Crippen molar-refractivity contribution in [2.45, 2.75) is 19.4 Å². The number of aryl methyl sites for hydroxylation is 1. The Balaban J connectivity index is 1.37. The van der Waals surface area contributed by atoms with Gasteiger partial charge in [0.2, 0.25) is 0 Å². The molecule has 0 N–H and O–H groups in total. The summed E-state index contributed by atoms with van der Waals surface area (Å²) in [6.07, 6.45) is 0.417. The normalized spacial score (nSPS) is 18.8. The second kappa shape index (κ2) is 10.2. The maximum atomic E-state index is 14.9. The molecule has 2 fully saturated rings. The van der Waals surface area contributed by atoms with Gasteiger partial charge in [-0.3, -0.25) is 4.79 Å². The van der Waals surface area contributed by atoms with Crippen molar-refractivity contribution in [2.75, 3.05) is 49.7 Å². The molecule has 4 aromatic rings. The maximum absolute atomic E-state index is 14.9. The van der Waals surface area contributed by atoms with Gasteiger partial charge in [0.25, 0.3) is 5.91 Å². The zero-order valence-electron chi connectivity index (χ0n) is 22.4. The third kappa shape index (κ3) is 4.78. The van der Waals surface area contributed by atoms with Gasteiger partial charge in [-0.05, 0) is 55.8 Å². The SMILES string of the molecule is COc1ccc(N2CCN(C(=O)c3cc(-c4ccccc4F)nc4c3c(C)nn4C3CCS(=O)(=O)C3)CC2)cc1. The number of piperazine rings is 1. The van der Waals surface area contributed by atoms with Gasteiger partial charge in [0.1, 0.15) is 11.6 Å². The molecular formula is C29H30FN5O4S. The number of rotatable bonds is 5. The first-order chi connectivity index (χ1) is 19.2. The van der Waals surface area contributed by atoms with Crippen LogP contribution in [0.4, 0.5) is 10.1 Å². The zero-order chi connectivity index (χ0) is 28.0. The summed E-state index contributed by atoms with van der Waals surface area (Å²) in [5.74, 6) is 0.199. The number of hydrogen-bond acceptors (Lipinski definition) is 7. The summed E-state index contributed by atoms with van der Waals surface area (Å²) < 4.78 is 46.3. The first kappa shape index (κ1) is 26.2. The highest BCUT2D eigenvalue weighted by atomic mass is 32.2. The van der Waals surface area contributed by atoms with Crippen LogP contribution in [0.5, 0.6) is 5.75 Å². The maximum Gasteiger partial charge on any atom is 0.254 e. The van der Waals surface area contributed by atoms with E-state index in [4.69, 9.17) is 9.72 Å². The molecule has 2 aliphatic rings. The van der Waals surface area contributed by atoms with Crippen LogP contribution in [0.2, 0.25) is 0 Å². The number of ether oxygens (including phenoxy) is 1. The number of fused-ring (bicyclic) bond motifs is 1. The number of carbonyl (C=O) groups excluding carboxylic acids is 1. The van der Waals surface area contributed by atoms with E-state index in [-0.39, 0.29) is 29.0 Å². The summed E-state index contributed by atoms with van der Waals surface area (Å²) >= 11 is 0. The van der Waals surface area contributed by atoms with E-state index in [9.17, 15) is 17.6 Å². The first-order valence-corrected chi connectivity index (χ1v) is 15.1. The topological polar surface area (TPSA) is 97.6 Å². The number of amides is 1. The van der Waals surface area contributed by atoms with Crippen LogP contribution in [-0.4, -0.2) is 78.8 Å². The molecule has 1 unspecified atom stereocenters. The lowest BCUT2D eigenvalue weighted by Crippen LogP contribution is -2.48. The third-order valence-corrected chi connectivity index (χ3v) is 9.53. The van der Waals surface area contributed by atoms with E-state index in [0.29, 0.717) is 60.6 Å². The molecular weight excluding hydrogens is 533 g/mol. The average Bonchev–Trinajstić information content (AvgIpc) is 3.50. The average molecular weight is 564 g/mol. The summed E-state index contributed by atoms with van der Waals surface area (Å²) in [5.41, 5.74) is 3.03. The number of nitrogens with zero attached hydrogens (tertiary/aromatic N) is 5. The van der Waals surface area contributed by atoms with Crippen LogP contribution in [0.1, 0.15) is 28.5 Å². The van der Waals surface area contributed by atoms with Crippen LogP contribution >= 0.6 is 0 Å². The van der Waals surface area contributed by atoms with Gasteiger partial charge in [-0.2, -0.15) is 5.10 Å². The molecule has 0 saturated carbocycles. The minimum absolute atomic E-state index is 0.0363. The minimum Gasteiger partial charge on any atom is -0.497 e. The molecule has 0 radical (unpaired) electrons. The smallest absolute Gasteiger partial charge is 0.254 e. The molecule has 2 aromatic heterocycles. The highest BCUT2D eigenvalue weighted by Crippen LogP contribution is 2.33. The number of methoxy groups -OCH3 is 1. The molecule has 11 heteroatoms. The second-order valence-electron chi connectivity index (χ2n) is 10.3. The molecule has 208 valence electrons. The van der Waals surface area contributed by atoms with Gasteiger partial charge in [0.15, 0.2) is 15.5 Å². The van der Waals surface area contributed by atoms with Gasteiger partial charge >= 0.3 is 0 Å². The lowest BCUT2D eigenvalue weighted by Gasteiger charge is -2.36. The highest BCUT2D eigenvalue weighted by Gasteiger charge is 2.33. The Morgan fingerprint density at radius 2 is 1.77 bits per heavy atom. The van der Waals surface area contributed by atoms with Crippen LogP contribution in [-0.2, 0) is 9.84 Å². The van der Waals surface area contributed by atoms with E-state index in [2.05, 4.69) is 10.00 Å². The van der Waals surface area contributed by atoms with Crippen LogP contribution in [0.3, 0.4) is 0 Å². The fourth-order valence-corrected chi connectivity index (χ4v) is 7.33. The minimum atomic E-state index is -3.18. The van der Waals surface area contributed by atoms with Crippen molar-refractivity contribution in [3.63, 3.8) is 0 Å². The van der Waals surface area contributed by atoms with Gasteiger partial charge in [0, 0.05) is 37.4 Å². The number of halogens is 1. The molecule has 0 aliphatic carbocycles. The van der Waals surface area contributed by atoms with Gasteiger partial charge in [-0.25, -0.2) is 22.5 Å². The predicted molar refractivity (Wildman–Crippen MR) is 151 cm³/mol. The summed E-state index contributed by atoms with van der Waals surface area (Å²) in [6, 6.07) is 15.4. The Hall–Kier alpha value is -3.99. The number of carbonyl (C=O) groups is 1. The molecule has 6 rings (SSSR count). The van der Waals surface area contributed by atoms with Crippen molar-refractivity contribution in [1.29, 1.82) is 0 Å². The Bertz CT molecular complexity index is 1700. The van der Waals surface area contributed by atoms with Gasteiger partial charge in [-0.1, -0.05) is 12.1 Å². The van der Waals surface area contributed by atoms with Crippen LogP contribution in [0.25, 0.3) is 22.3 Å². The van der Waals surface area contributed by atoms with E-state index >= 15 is 0 Å². The number of benzene rings is 2. The van der Waals surface area contributed by atoms with Gasteiger partial charge < -0.3 is 14.5 Å². The Labute approximate surface area is 232 Å².